The van der Waals surface area contributed by atoms with E-state index in [0.29, 0.717) is 12.1 Å². The maximum atomic E-state index is 12.1. The highest BCUT2D eigenvalue weighted by Crippen LogP contribution is 2.19. The van der Waals surface area contributed by atoms with Gasteiger partial charge in [-0.2, -0.15) is 0 Å². The van der Waals surface area contributed by atoms with Crippen molar-refractivity contribution in [1.29, 1.82) is 0 Å². The summed E-state index contributed by atoms with van der Waals surface area (Å²) in [5.41, 5.74) is 1.81. The fourth-order valence-electron chi connectivity index (χ4n) is 3.09. The van der Waals surface area contributed by atoms with Crippen LogP contribution in [0.4, 0.5) is 0 Å². The van der Waals surface area contributed by atoms with Gasteiger partial charge in [-0.1, -0.05) is 12.1 Å². The number of aryl methyl sites for hydroxylation is 1. The Labute approximate surface area is 142 Å². The topological polar surface area (TPSA) is 63.1 Å². The second-order valence-corrected chi connectivity index (χ2v) is 6.59. The van der Waals surface area contributed by atoms with E-state index in [4.69, 9.17) is 0 Å². The van der Waals surface area contributed by atoms with Gasteiger partial charge in [0.25, 0.3) is 5.91 Å². The van der Waals surface area contributed by atoms with Gasteiger partial charge in [-0.25, -0.2) is 0 Å². The number of carbonyl (C=O) groups is 1. The maximum Gasteiger partial charge on any atom is 0.253 e. The maximum absolute atomic E-state index is 12.1. The fraction of sp³-hybridized carbons (Fsp3) is 0.500. The smallest absolute Gasteiger partial charge is 0.253 e. The number of aromatic nitrogens is 3. The zero-order valence-corrected chi connectivity index (χ0v) is 14.6. The molecule has 1 amide bonds. The molecule has 1 aromatic carbocycles. The summed E-state index contributed by atoms with van der Waals surface area (Å²) in [7, 11) is 3.54. The molecule has 6 heteroatoms. The summed E-state index contributed by atoms with van der Waals surface area (Å²) in [6.07, 6.45) is 3.42. The van der Waals surface area contributed by atoms with Gasteiger partial charge in [-0.3, -0.25) is 4.79 Å². The van der Waals surface area contributed by atoms with Crippen molar-refractivity contribution in [2.75, 3.05) is 14.1 Å². The van der Waals surface area contributed by atoms with Crippen molar-refractivity contribution in [3.05, 3.63) is 47.0 Å². The first-order valence-electron chi connectivity index (χ1n) is 8.52. The first-order chi connectivity index (χ1) is 11.6. The van der Waals surface area contributed by atoms with Gasteiger partial charge in [0.1, 0.15) is 11.6 Å². The van der Waals surface area contributed by atoms with Gasteiger partial charge in [-0.05, 0) is 37.5 Å². The van der Waals surface area contributed by atoms with Crippen molar-refractivity contribution in [3.63, 3.8) is 0 Å². The van der Waals surface area contributed by atoms with Gasteiger partial charge >= 0.3 is 0 Å². The molecule has 0 aliphatic carbocycles. The number of benzene rings is 1. The van der Waals surface area contributed by atoms with Gasteiger partial charge < -0.3 is 14.8 Å². The molecule has 2 heterocycles. The Kier molecular flexibility index (Phi) is 4.94. The van der Waals surface area contributed by atoms with Gasteiger partial charge in [0.05, 0.1) is 6.04 Å². The third-order valence-corrected chi connectivity index (χ3v) is 4.47. The van der Waals surface area contributed by atoms with Gasteiger partial charge in [0.15, 0.2) is 0 Å². The molecular weight excluding hydrogens is 302 g/mol. The molecule has 0 radical (unpaired) electrons. The van der Waals surface area contributed by atoms with Crippen LogP contribution in [-0.4, -0.2) is 39.7 Å². The largest absolute Gasteiger partial charge is 0.345 e. The van der Waals surface area contributed by atoms with Crippen LogP contribution in [-0.2, 0) is 19.5 Å². The molecule has 1 aliphatic rings. The lowest BCUT2D eigenvalue weighted by Gasteiger charge is -2.19. The van der Waals surface area contributed by atoms with Crippen molar-refractivity contribution in [2.24, 2.45) is 0 Å². The zero-order valence-electron chi connectivity index (χ0n) is 14.6. The quantitative estimate of drug-likeness (QED) is 0.914. The predicted molar refractivity (Wildman–Crippen MR) is 92.7 cm³/mol. The highest BCUT2D eigenvalue weighted by Gasteiger charge is 2.19. The third-order valence-electron chi connectivity index (χ3n) is 4.47. The van der Waals surface area contributed by atoms with Crippen molar-refractivity contribution >= 4 is 5.91 Å². The Morgan fingerprint density at radius 1 is 1.33 bits per heavy atom. The molecule has 1 aromatic heterocycles. The minimum absolute atomic E-state index is 0.0245. The summed E-state index contributed by atoms with van der Waals surface area (Å²) in [5.74, 6) is 2.13. The summed E-state index contributed by atoms with van der Waals surface area (Å²) in [6.45, 7) is 3.81. The molecule has 128 valence electrons. The van der Waals surface area contributed by atoms with Crippen LogP contribution in [0.3, 0.4) is 0 Å². The van der Waals surface area contributed by atoms with Crippen LogP contribution in [0.5, 0.6) is 0 Å². The Balaban J connectivity index is 1.66. The number of rotatable bonds is 5. The average Bonchev–Trinajstić information content (AvgIpc) is 3.03. The number of amides is 1. The second kappa shape index (κ2) is 7.13. The number of hydrogen-bond donors (Lipinski definition) is 1. The van der Waals surface area contributed by atoms with E-state index in [1.165, 1.54) is 12.8 Å². The zero-order chi connectivity index (χ0) is 17.1. The summed E-state index contributed by atoms with van der Waals surface area (Å²) in [4.78, 5) is 13.7. The minimum Gasteiger partial charge on any atom is -0.345 e. The Bertz CT molecular complexity index is 722. The lowest BCUT2D eigenvalue weighted by molar-refractivity contribution is 0.0827. The molecule has 0 fully saturated rings. The van der Waals surface area contributed by atoms with E-state index in [0.717, 1.165) is 30.2 Å². The molecule has 1 atom stereocenters. The first-order valence-corrected chi connectivity index (χ1v) is 8.52. The molecule has 2 aromatic rings. The molecule has 0 unspecified atom stereocenters. The minimum atomic E-state index is 0.0245. The molecule has 3 rings (SSSR count). The van der Waals surface area contributed by atoms with Crippen molar-refractivity contribution in [3.8, 4) is 0 Å². The predicted octanol–water partition coefficient (Wildman–Crippen LogP) is 2.17. The number of fused-ring (bicyclic) bond motifs is 1. The van der Waals surface area contributed by atoms with E-state index in [-0.39, 0.29) is 11.9 Å². The van der Waals surface area contributed by atoms with Crippen LogP contribution in [0.15, 0.2) is 24.3 Å². The number of nitrogens with zero attached hydrogens (tertiary/aromatic N) is 4. The van der Waals surface area contributed by atoms with Crippen LogP contribution in [0.1, 0.15) is 53.4 Å². The molecule has 0 saturated heterocycles. The highest BCUT2D eigenvalue weighted by atomic mass is 16.2. The standard InChI is InChI=1S/C18H25N5O/c1-13(17-21-20-16-9-4-5-10-23(16)17)19-12-14-7-6-8-15(11-14)18(24)22(2)3/h6-8,11,13,19H,4-5,9-10,12H2,1-3H3/t13-/m1/s1. The number of carbonyl (C=O) groups excluding carboxylic acids is 1. The van der Waals surface area contributed by atoms with Crippen LogP contribution in [0, 0.1) is 0 Å². The molecule has 1 aliphatic heterocycles. The molecule has 0 spiro atoms. The van der Waals surface area contributed by atoms with Crippen molar-refractivity contribution in [1.82, 2.24) is 25.0 Å². The second-order valence-electron chi connectivity index (χ2n) is 6.59. The van der Waals surface area contributed by atoms with E-state index >= 15 is 0 Å². The van der Waals surface area contributed by atoms with Gasteiger partial charge in [0, 0.05) is 39.2 Å². The van der Waals surface area contributed by atoms with Crippen LogP contribution in [0.25, 0.3) is 0 Å². The van der Waals surface area contributed by atoms with Gasteiger partial charge in [0.2, 0.25) is 0 Å². The lowest BCUT2D eigenvalue weighted by Crippen LogP contribution is -2.24. The van der Waals surface area contributed by atoms with E-state index in [2.05, 4.69) is 27.0 Å². The fourth-order valence-corrected chi connectivity index (χ4v) is 3.09. The summed E-state index contributed by atoms with van der Waals surface area (Å²) in [6, 6.07) is 7.88. The Hall–Kier alpha value is -2.21. The van der Waals surface area contributed by atoms with Crippen molar-refractivity contribution < 1.29 is 4.79 Å². The van der Waals surface area contributed by atoms with E-state index in [1.54, 1.807) is 19.0 Å². The average molecular weight is 327 g/mol. The van der Waals surface area contributed by atoms with Crippen LogP contribution in [0.2, 0.25) is 0 Å². The van der Waals surface area contributed by atoms with Crippen LogP contribution >= 0.6 is 0 Å². The molecule has 24 heavy (non-hydrogen) atoms. The highest BCUT2D eigenvalue weighted by molar-refractivity contribution is 5.94. The summed E-state index contributed by atoms with van der Waals surface area (Å²) >= 11 is 0. The molecule has 0 saturated carbocycles. The monoisotopic (exact) mass is 327 g/mol. The molecule has 0 bridgehead atoms. The summed E-state index contributed by atoms with van der Waals surface area (Å²) in [5, 5.41) is 12.2. The number of nitrogens with one attached hydrogen (secondary N) is 1. The normalized spacial score (nSPS) is 15.0. The third kappa shape index (κ3) is 3.48. The SMILES string of the molecule is C[C@@H](NCc1cccc(C(=O)N(C)C)c1)c1nnc2n1CCCC2. The van der Waals surface area contributed by atoms with Gasteiger partial charge in [-0.15, -0.1) is 10.2 Å². The van der Waals surface area contributed by atoms with Crippen LogP contribution < -0.4 is 5.32 Å². The first kappa shape index (κ1) is 16.6. The molecular formula is C18H25N5O. The lowest BCUT2D eigenvalue weighted by atomic mass is 10.1. The van der Waals surface area contributed by atoms with E-state index < -0.39 is 0 Å². The Morgan fingerprint density at radius 3 is 2.96 bits per heavy atom. The molecule has 1 N–H and O–H groups in total. The molecule has 6 nitrogen and oxygen atoms in total. The van der Waals surface area contributed by atoms with E-state index in [1.807, 2.05) is 24.3 Å². The Morgan fingerprint density at radius 2 is 2.17 bits per heavy atom. The van der Waals surface area contributed by atoms with E-state index in [9.17, 15) is 4.79 Å². The van der Waals surface area contributed by atoms with Crippen molar-refractivity contribution in [2.45, 2.75) is 45.3 Å². The number of hydrogen-bond acceptors (Lipinski definition) is 4. The summed E-state index contributed by atoms with van der Waals surface area (Å²) < 4.78 is 2.24.